The number of methoxy groups -OCH3 is 2. The molecule has 0 fully saturated rings. The smallest absolute Gasteiger partial charge is 0.335 e. The normalized spacial score (nSPS) is 20.3. The summed E-state index contributed by atoms with van der Waals surface area (Å²) < 4.78 is 9.84. The van der Waals surface area contributed by atoms with Crippen molar-refractivity contribution in [2.24, 2.45) is 5.73 Å². The van der Waals surface area contributed by atoms with Gasteiger partial charge in [-0.15, -0.1) is 12.4 Å². The molecule has 0 heterocycles. The Morgan fingerprint density at radius 2 is 0.800 bits per heavy atom. The van der Waals surface area contributed by atoms with Gasteiger partial charge in [-0.3, -0.25) is 14.4 Å². The lowest BCUT2D eigenvalue weighted by atomic mass is 9.77. The third kappa shape index (κ3) is 14.7. The molecule has 6 aliphatic rings. The monoisotopic (exact) mass is 1230 g/mol. The molecule has 0 aromatic heterocycles. The first kappa shape index (κ1) is 64.3. The van der Waals surface area contributed by atoms with Crippen molar-refractivity contribution in [1.82, 2.24) is 10.6 Å². The fraction of sp³-hybridized carbons (Fsp3) is 0.382. The number of aliphatic carboxylic acids is 1. The van der Waals surface area contributed by atoms with E-state index in [1.54, 1.807) is 12.1 Å². The van der Waals surface area contributed by atoms with Crippen molar-refractivity contribution >= 4 is 82.9 Å². The summed E-state index contributed by atoms with van der Waals surface area (Å²) in [5, 5.41) is 26.9. The second kappa shape index (κ2) is 28.2. The highest BCUT2D eigenvalue weighted by Gasteiger charge is 2.46. The maximum absolute atomic E-state index is 13.2. The molecule has 0 saturated heterocycles. The fourth-order valence-electron chi connectivity index (χ4n) is 13.1. The van der Waals surface area contributed by atoms with Crippen LogP contribution in [-0.2, 0) is 101 Å². The first-order chi connectivity index (χ1) is 40.3. The van der Waals surface area contributed by atoms with E-state index in [4.69, 9.17) is 55.1 Å². The number of carboxylic acid groups (broad SMARTS) is 2. The number of fused-ring (bicyclic) bond motifs is 6. The third-order valence-corrected chi connectivity index (χ3v) is 18.4. The number of carboxylic acids is 2. The molecule has 13 nitrogen and oxygen atoms in total. The van der Waals surface area contributed by atoms with Crippen molar-refractivity contribution in [3.63, 3.8) is 0 Å². The Hall–Kier alpha value is -6.74. The molecule has 0 spiro atoms. The molecule has 6 aliphatic carbocycles. The summed E-state index contributed by atoms with van der Waals surface area (Å²) in [5.74, 6) is -2.99. The van der Waals surface area contributed by atoms with Gasteiger partial charge in [-0.1, -0.05) is 89.4 Å². The molecule has 0 radical (unpaired) electrons. The number of ether oxygens (including phenoxy) is 2. The highest BCUT2D eigenvalue weighted by molar-refractivity contribution is 6.31. The van der Waals surface area contributed by atoms with E-state index in [1.807, 2.05) is 84.9 Å². The first-order valence-corrected chi connectivity index (χ1v) is 30.2. The minimum Gasteiger partial charge on any atom is -0.479 e. The van der Waals surface area contributed by atoms with Crippen molar-refractivity contribution in [2.45, 2.75) is 151 Å². The number of esters is 2. The molecule has 17 heteroatoms. The molecule has 0 bridgehead atoms. The summed E-state index contributed by atoms with van der Waals surface area (Å²) in [4.78, 5) is 73.7. The lowest BCUT2D eigenvalue weighted by molar-refractivity contribution is -0.149. The van der Waals surface area contributed by atoms with Gasteiger partial charge in [0.1, 0.15) is 16.6 Å². The molecular formula is C68H73Cl4N3O10. The molecule has 3 atom stereocenters. The average Bonchev–Trinajstić information content (AvgIpc) is 3.57. The molecule has 0 aliphatic heterocycles. The van der Waals surface area contributed by atoms with Gasteiger partial charge < -0.3 is 36.1 Å². The van der Waals surface area contributed by atoms with E-state index >= 15 is 0 Å². The number of amides is 2. The number of halogens is 4. The van der Waals surface area contributed by atoms with Gasteiger partial charge in [0, 0.05) is 45.5 Å². The van der Waals surface area contributed by atoms with Gasteiger partial charge >= 0.3 is 23.9 Å². The van der Waals surface area contributed by atoms with Crippen LogP contribution >= 0.6 is 47.2 Å². The number of carbonyl (C=O) groups excluding carboxylic acids is 4. The molecule has 12 rings (SSSR count). The maximum atomic E-state index is 13.2. The Bertz CT molecular complexity index is 3520. The van der Waals surface area contributed by atoms with E-state index in [-0.39, 0.29) is 36.6 Å². The van der Waals surface area contributed by atoms with Gasteiger partial charge in [-0.25, -0.2) is 14.4 Å². The van der Waals surface area contributed by atoms with Crippen LogP contribution in [0.3, 0.4) is 0 Å². The van der Waals surface area contributed by atoms with Gasteiger partial charge in [0.25, 0.3) is 11.8 Å². The van der Waals surface area contributed by atoms with E-state index in [0.717, 1.165) is 127 Å². The summed E-state index contributed by atoms with van der Waals surface area (Å²) in [6.45, 7) is 0. The van der Waals surface area contributed by atoms with E-state index < -0.39 is 34.5 Å². The van der Waals surface area contributed by atoms with E-state index in [9.17, 15) is 33.9 Å². The van der Waals surface area contributed by atoms with Crippen molar-refractivity contribution in [3.8, 4) is 0 Å². The number of nitrogens with one attached hydrogen (secondary N) is 2. The maximum Gasteiger partial charge on any atom is 0.335 e. The SMILES string of the molecule is COC(=O)C1(N)CCc2cc(Cl)ccc2C1.COC(=O)C1(NC(=O)c2cccc3c2CCCC3)CCc2cc(Cl)ccc2C1.Cl.O=C(NC1(C(=O)O)CCc2cc(Cl)ccc2C1)c1cccc2c1CCCC2.O=C(O)c1cccc2c1CCCC2. The topological polar surface area (TPSA) is 211 Å². The number of rotatable bonds is 8. The Morgan fingerprint density at radius 1 is 0.435 bits per heavy atom. The second-order valence-corrected chi connectivity index (χ2v) is 24.4. The number of nitrogens with two attached hydrogens (primary N) is 1. The number of hydrogen-bond acceptors (Lipinski definition) is 9. The number of hydrogen-bond donors (Lipinski definition) is 5. The minimum atomic E-state index is -1.28. The molecule has 0 saturated carbocycles. The number of benzene rings is 6. The quantitative estimate of drug-likeness (QED) is 0.0905. The van der Waals surface area contributed by atoms with Crippen LogP contribution in [0.25, 0.3) is 0 Å². The predicted molar refractivity (Wildman–Crippen MR) is 333 cm³/mol. The molecule has 448 valence electrons. The zero-order chi connectivity index (χ0) is 59.8. The molecular weight excluding hydrogens is 1160 g/mol. The van der Waals surface area contributed by atoms with Crippen LogP contribution in [0.15, 0.2) is 109 Å². The predicted octanol–water partition coefficient (Wildman–Crippen LogP) is 12.4. The Labute approximate surface area is 518 Å². The summed E-state index contributed by atoms with van der Waals surface area (Å²) >= 11 is 18.1. The number of aryl methyl sites for hydroxylation is 6. The fourth-order valence-corrected chi connectivity index (χ4v) is 13.7. The highest BCUT2D eigenvalue weighted by atomic mass is 35.5. The molecule has 2 amide bonds. The van der Waals surface area contributed by atoms with Crippen LogP contribution in [0.1, 0.15) is 156 Å². The number of carbonyl (C=O) groups is 6. The second-order valence-electron chi connectivity index (χ2n) is 23.0. The molecule has 6 aromatic carbocycles. The van der Waals surface area contributed by atoms with E-state index in [0.29, 0.717) is 71.7 Å². The van der Waals surface area contributed by atoms with Crippen molar-refractivity contribution in [3.05, 3.63) is 208 Å². The van der Waals surface area contributed by atoms with Crippen LogP contribution in [0.4, 0.5) is 0 Å². The lowest BCUT2D eigenvalue weighted by Gasteiger charge is -2.36. The van der Waals surface area contributed by atoms with Crippen molar-refractivity contribution < 1.29 is 48.5 Å². The molecule has 6 N–H and O–H groups in total. The largest absolute Gasteiger partial charge is 0.479 e. The van der Waals surface area contributed by atoms with Crippen LogP contribution in [-0.4, -0.2) is 76.7 Å². The van der Waals surface area contributed by atoms with Gasteiger partial charge in [-0.05, 0) is 237 Å². The molecule has 6 aromatic rings. The highest BCUT2D eigenvalue weighted by Crippen LogP contribution is 2.36. The van der Waals surface area contributed by atoms with Gasteiger partial charge in [0.2, 0.25) is 0 Å². The zero-order valence-electron chi connectivity index (χ0n) is 48.0. The lowest BCUT2D eigenvalue weighted by Crippen LogP contribution is -2.58. The Kier molecular flexibility index (Phi) is 21.3. The van der Waals surface area contributed by atoms with Crippen LogP contribution < -0.4 is 16.4 Å². The van der Waals surface area contributed by atoms with Crippen LogP contribution in [0, 0.1) is 0 Å². The Balaban J connectivity index is 0.000000154. The van der Waals surface area contributed by atoms with Crippen LogP contribution in [0.2, 0.25) is 15.1 Å². The van der Waals surface area contributed by atoms with Gasteiger partial charge in [-0.2, -0.15) is 0 Å². The summed E-state index contributed by atoms with van der Waals surface area (Å²) in [6, 6.07) is 34.2. The zero-order valence-corrected chi connectivity index (χ0v) is 51.1. The standard InChI is InChI=1S/C23H24ClNO3.C22H22ClNO3.C12H14ClNO2.C11H12O2.ClH/c1-28-22(27)23(12-11-16-13-18(24)10-9-17(16)14-23)25-21(26)20-8-4-6-15-5-2-3-7-19(15)20;23-17-9-8-16-13-22(21(26)27,11-10-15(16)12-17)24-20(25)19-7-3-5-14-4-1-2-6-18(14)19;1-16-11(15)12(14)5-4-8-6-10(13)3-2-9(8)7-12;12-11(13)10-7-3-5-8-4-1-2-6-9(8)10;/h4,6,8-10,13H,2-3,5,7,11-12,14H2,1H3,(H,25,26);3,5,7-9,12H,1-2,4,6,10-11,13H2,(H,24,25)(H,26,27);2-3,6H,4-5,7,14H2,1H3;3,5,7H,1-2,4,6H2,(H,12,13);1H. The van der Waals surface area contributed by atoms with E-state index in [2.05, 4.69) is 22.8 Å². The summed E-state index contributed by atoms with van der Waals surface area (Å²) in [5.41, 5.74) is 18.0. The van der Waals surface area contributed by atoms with Crippen LogP contribution in [0.5, 0.6) is 0 Å². The third-order valence-electron chi connectivity index (χ3n) is 17.7. The van der Waals surface area contributed by atoms with Crippen molar-refractivity contribution in [2.75, 3.05) is 14.2 Å². The minimum absolute atomic E-state index is 0. The van der Waals surface area contributed by atoms with Gasteiger partial charge in [0.15, 0.2) is 0 Å². The van der Waals surface area contributed by atoms with Crippen molar-refractivity contribution in [1.29, 1.82) is 0 Å². The van der Waals surface area contributed by atoms with E-state index in [1.165, 1.54) is 42.9 Å². The number of aromatic carboxylic acids is 1. The summed E-state index contributed by atoms with van der Waals surface area (Å²) in [7, 11) is 2.74. The molecule has 85 heavy (non-hydrogen) atoms. The first-order valence-electron chi connectivity index (χ1n) is 29.1. The summed E-state index contributed by atoms with van der Waals surface area (Å²) in [6.07, 6.45) is 17.2. The molecule has 3 unspecified atom stereocenters. The average molecular weight is 1230 g/mol. The van der Waals surface area contributed by atoms with Gasteiger partial charge in [0.05, 0.1) is 19.8 Å². The Morgan fingerprint density at radius 3 is 1.22 bits per heavy atom.